The summed E-state index contributed by atoms with van der Waals surface area (Å²) in [4.78, 5) is 14.1. The Balaban J connectivity index is 1.55. The maximum atomic E-state index is 12.8. The van der Waals surface area contributed by atoms with Crippen molar-refractivity contribution in [2.75, 3.05) is 20.2 Å². The second-order valence-electron chi connectivity index (χ2n) is 6.45. The minimum atomic E-state index is -3.43. The highest BCUT2D eigenvalue weighted by Gasteiger charge is 2.33. The third-order valence-electron chi connectivity index (χ3n) is 4.73. The van der Waals surface area contributed by atoms with Gasteiger partial charge < -0.3 is 14.4 Å². The van der Waals surface area contributed by atoms with Crippen molar-refractivity contribution in [2.24, 2.45) is 0 Å². The van der Waals surface area contributed by atoms with Crippen molar-refractivity contribution < 1.29 is 22.7 Å². The van der Waals surface area contributed by atoms with E-state index in [1.165, 1.54) is 7.11 Å². The molecule has 3 rings (SSSR count). The maximum Gasteiger partial charge on any atom is 0.410 e. The summed E-state index contributed by atoms with van der Waals surface area (Å²) >= 11 is 0. The highest BCUT2D eigenvalue weighted by Crippen LogP contribution is 2.26. The number of hydrogen-bond acceptors (Lipinski definition) is 5. The molecule has 1 aliphatic heterocycles. The molecule has 1 amide bonds. The Hall–Kier alpha value is -2.54. The third-order valence-corrected chi connectivity index (χ3v) is 7.01. The molecule has 2 aromatic carbocycles. The summed E-state index contributed by atoms with van der Waals surface area (Å²) in [7, 11) is -1.89. The molecule has 0 bridgehead atoms. The molecule has 1 heterocycles. The molecule has 144 valence electrons. The number of methoxy groups -OCH3 is 1. The van der Waals surface area contributed by atoms with E-state index < -0.39 is 21.2 Å². The maximum absolute atomic E-state index is 12.8. The first-order chi connectivity index (χ1) is 13.0. The molecule has 6 nitrogen and oxygen atoms in total. The van der Waals surface area contributed by atoms with Gasteiger partial charge in [0, 0.05) is 13.1 Å². The SMILES string of the molecule is COc1ccc(S(=O)(=O)C2CCN(C(=O)OCc3ccccc3)CC2)cc1. The quantitative estimate of drug-likeness (QED) is 0.785. The summed E-state index contributed by atoms with van der Waals surface area (Å²) in [5.74, 6) is 0.616. The molecular weight excluding hydrogens is 366 g/mol. The highest BCUT2D eigenvalue weighted by molar-refractivity contribution is 7.92. The summed E-state index contributed by atoms with van der Waals surface area (Å²) in [5.41, 5.74) is 0.919. The number of carbonyl (C=O) groups excluding carboxylic acids is 1. The van der Waals surface area contributed by atoms with Gasteiger partial charge in [0.15, 0.2) is 9.84 Å². The van der Waals surface area contributed by atoms with Crippen LogP contribution in [0.5, 0.6) is 5.75 Å². The van der Waals surface area contributed by atoms with Crippen molar-refractivity contribution >= 4 is 15.9 Å². The summed E-state index contributed by atoms with van der Waals surface area (Å²) in [6, 6.07) is 15.9. The average Bonchev–Trinajstić information content (AvgIpc) is 2.73. The average molecular weight is 389 g/mol. The Morgan fingerprint density at radius 1 is 1.04 bits per heavy atom. The molecule has 0 saturated carbocycles. The highest BCUT2D eigenvalue weighted by atomic mass is 32.2. The van der Waals surface area contributed by atoms with Gasteiger partial charge in [-0.25, -0.2) is 13.2 Å². The van der Waals surface area contributed by atoms with Gasteiger partial charge in [-0.05, 0) is 42.7 Å². The van der Waals surface area contributed by atoms with Gasteiger partial charge in [0.05, 0.1) is 17.3 Å². The number of ether oxygens (including phenoxy) is 2. The fourth-order valence-corrected chi connectivity index (χ4v) is 4.85. The zero-order chi connectivity index (χ0) is 19.3. The topological polar surface area (TPSA) is 72.9 Å². The number of nitrogens with zero attached hydrogens (tertiary/aromatic N) is 1. The first kappa shape index (κ1) is 19.2. The van der Waals surface area contributed by atoms with Gasteiger partial charge in [-0.15, -0.1) is 0 Å². The van der Waals surface area contributed by atoms with E-state index in [-0.39, 0.29) is 11.5 Å². The minimum Gasteiger partial charge on any atom is -0.497 e. The van der Waals surface area contributed by atoms with Crippen LogP contribution in [0.25, 0.3) is 0 Å². The van der Waals surface area contributed by atoms with E-state index in [1.807, 2.05) is 30.3 Å². The zero-order valence-electron chi connectivity index (χ0n) is 15.2. The third kappa shape index (κ3) is 4.60. The molecule has 27 heavy (non-hydrogen) atoms. The van der Waals surface area contributed by atoms with Crippen molar-refractivity contribution in [2.45, 2.75) is 29.6 Å². The first-order valence-corrected chi connectivity index (χ1v) is 10.4. The van der Waals surface area contributed by atoms with E-state index in [2.05, 4.69) is 0 Å². The van der Waals surface area contributed by atoms with Crippen LogP contribution in [0.2, 0.25) is 0 Å². The molecular formula is C20H23NO5S. The summed E-state index contributed by atoms with van der Waals surface area (Å²) in [6.07, 6.45) is 0.392. The predicted octanol–water partition coefficient (Wildman–Crippen LogP) is 3.27. The summed E-state index contributed by atoms with van der Waals surface area (Å²) in [5, 5.41) is -0.496. The van der Waals surface area contributed by atoms with Crippen LogP contribution in [0, 0.1) is 0 Å². The minimum absolute atomic E-state index is 0.212. The van der Waals surface area contributed by atoms with Gasteiger partial charge in [0.1, 0.15) is 12.4 Å². The van der Waals surface area contributed by atoms with E-state index in [1.54, 1.807) is 29.2 Å². The van der Waals surface area contributed by atoms with Crippen LogP contribution in [0.3, 0.4) is 0 Å². The van der Waals surface area contributed by atoms with Crippen molar-refractivity contribution in [1.29, 1.82) is 0 Å². The number of likely N-dealkylation sites (tertiary alicyclic amines) is 1. The molecule has 2 aromatic rings. The van der Waals surface area contributed by atoms with Crippen molar-refractivity contribution in [1.82, 2.24) is 4.90 Å². The van der Waals surface area contributed by atoms with Crippen molar-refractivity contribution in [3.63, 3.8) is 0 Å². The van der Waals surface area contributed by atoms with E-state index in [0.29, 0.717) is 31.7 Å². The Bertz CT molecular complexity index is 857. The second-order valence-corrected chi connectivity index (χ2v) is 8.68. The zero-order valence-corrected chi connectivity index (χ0v) is 16.0. The van der Waals surface area contributed by atoms with Crippen molar-refractivity contribution in [3.8, 4) is 5.75 Å². The normalized spacial score (nSPS) is 15.4. The number of piperidine rings is 1. The molecule has 7 heteroatoms. The molecule has 1 saturated heterocycles. The van der Waals surface area contributed by atoms with Gasteiger partial charge in [0.2, 0.25) is 0 Å². The standard InChI is InChI=1S/C20H23NO5S/c1-25-17-7-9-18(10-8-17)27(23,24)19-11-13-21(14-12-19)20(22)26-15-16-5-3-2-4-6-16/h2-10,19H,11-15H2,1H3. The largest absolute Gasteiger partial charge is 0.497 e. The molecule has 1 aliphatic rings. The summed E-state index contributed by atoms with van der Waals surface area (Å²) < 4.78 is 36.0. The van der Waals surface area contributed by atoms with Crippen molar-refractivity contribution in [3.05, 3.63) is 60.2 Å². The van der Waals surface area contributed by atoms with E-state index in [0.717, 1.165) is 5.56 Å². The lowest BCUT2D eigenvalue weighted by atomic mass is 10.1. The monoisotopic (exact) mass is 389 g/mol. The molecule has 0 unspecified atom stereocenters. The van der Waals surface area contributed by atoms with Gasteiger partial charge in [-0.1, -0.05) is 30.3 Å². The van der Waals surface area contributed by atoms with Gasteiger partial charge in [-0.3, -0.25) is 0 Å². The fourth-order valence-electron chi connectivity index (χ4n) is 3.12. The van der Waals surface area contributed by atoms with Gasteiger partial charge in [-0.2, -0.15) is 0 Å². The number of benzene rings is 2. The van der Waals surface area contributed by atoms with Crippen LogP contribution in [0.1, 0.15) is 18.4 Å². The van der Waals surface area contributed by atoms with E-state index in [9.17, 15) is 13.2 Å². The molecule has 0 atom stereocenters. The number of amides is 1. The molecule has 0 radical (unpaired) electrons. The molecule has 0 N–H and O–H groups in total. The van der Waals surface area contributed by atoms with E-state index >= 15 is 0 Å². The second kappa shape index (κ2) is 8.43. The molecule has 0 aliphatic carbocycles. The Labute approximate surface area is 159 Å². The van der Waals surface area contributed by atoms with Gasteiger partial charge in [0.25, 0.3) is 0 Å². The van der Waals surface area contributed by atoms with Crippen LogP contribution < -0.4 is 4.74 Å². The predicted molar refractivity (Wildman–Crippen MR) is 101 cm³/mol. The number of carbonyl (C=O) groups is 1. The fraction of sp³-hybridized carbons (Fsp3) is 0.350. The Morgan fingerprint density at radius 2 is 1.67 bits per heavy atom. The Morgan fingerprint density at radius 3 is 2.26 bits per heavy atom. The van der Waals surface area contributed by atoms with Crippen LogP contribution in [0.4, 0.5) is 4.79 Å². The van der Waals surface area contributed by atoms with E-state index in [4.69, 9.17) is 9.47 Å². The van der Waals surface area contributed by atoms with Crippen LogP contribution in [-0.4, -0.2) is 44.9 Å². The lowest BCUT2D eigenvalue weighted by Gasteiger charge is -2.31. The molecule has 1 fully saturated rings. The van der Waals surface area contributed by atoms with Crippen LogP contribution in [-0.2, 0) is 21.2 Å². The molecule has 0 aromatic heterocycles. The Kier molecular flexibility index (Phi) is 6.01. The van der Waals surface area contributed by atoms with Gasteiger partial charge >= 0.3 is 6.09 Å². The van der Waals surface area contributed by atoms with Crippen LogP contribution >= 0.6 is 0 Å². The summed E-state index contributed by atoms with van der Waals surface area (Å²) in [6.45, 7) is 0.950. The molecule has 0 spiro atoms. The number of rotatable bonds is 5. The first-order valence-electron chi connectivity index (χ1n) is 8.84. The lowest BCUT2D eigenvalue weighted by Crippen LogP contribution is -2.42. The lowest BCUT2D eigenvalue weighted by molar-refractivity contribution is 0.0897. The smallest absolute Gasteiger partial charge is 0.410 e. The number of hydrogen-bond donors (Lipinski definition) is 0. The van der Waals surface area contributed by atoms with Crippen LogP contribution in [0.15, 0.2) is 59.5 Å². The number of sulfone groups is 1.